The van der Waals surface area contributed by atoms with Gasteiger partial charge in [-0.25, -0.2) is 14.0 Å². The lowest BCUT2D eigenvalue weighted by Crippen LogP contribution is -2.56. The van der Waals surface area contributed by atoms with Crippen molar-refractivity contribution in [2.75, 3.05) is 39.8 Å². The average Bonchev–Trinajstić information content (AvgIpc) is 2.87. The maximum absolute atomic E-state index is 13.3. The highest BCUT2D eigenvalue weighted by molar-refractivity contribution is 5.95. The lowest BCUT2D eigenvalue weighted by molar-refractivity contribution is -0.139. The number of nitrogens with one attached hydrogen (secondary N) is 1. The number of esters is 1. The summed E-state index contributed by atoms with van der Waals surface area (Å²) in [5.41, 5.74) is 3.24. The van der Waals surface area contributed by atoms with E-state index in [0.717, 1.165) is 11.1 Å². The van der Waals surface area contributed by atoms with E-state index in [1.807, 2.05) is 38.1 Å². The van der Waals surface area contributed by atoms with Crippen molar-refractivity contribution in [1.29, 1.82) is 0 Å². The summed E-state index contributed by atoms with van der Waals surface area (Å²) in [4.78, 5) is 44.6. The van der Waals surface area contributed by atoms with Gasteiger partial charge in [0.05, 0.1) is 18.2 Å². The Hall–Kier alpha value is -3.72. The van der Waals surface area contributed by atoms with E-state index in [9.17, 15) is 18.8 Å². The number of rotatable bonds is 6. The van der Waals surface area contributed by atoms with Gasteiger partial charge >= 0.3 is 12.0 Å². The van der Waals surface area contributed by atoms with Crippen LogP contribution in [0.2, 0.25) is 0 Å². The minimum atomic E-state index is -0.627. The van der Waals surface area contributed by atoms with Crippen LogP contribution in [0.3, 0.4) is 0 Å². The van der Waals surface area contributed by atoms with Gasteiger partial charge in [0.2, 0.25) is 0 Å². The molecule has 37 heavy (non-hydrogen) atoms. The van der Waals surface area contributed by atoms with Gasteiger partial charge in [0.15, 0.2) is 0 Å². The van der Waals surface area contributed by atoms with Crippen LogP contribution in [0.4, 0.5) is 9.18 Å². The molecule has 196 valence electrons. The SMILES string of the molecule is CCOC(=O)C1=C(CN2CCN(C(=O)c3ccc(F)cc3)C(C)C2)N(C)C(=O)NC1c1ccccc1C. The Bertz CT molecular complexity index is 1210. The second-order valence-corrected chi connectivity index (χ2v) is 9.47. The molecule has 9 heteroatoms. The van der Waals surface area contributed by atoms with Crippen molar-refractivity contribution in [1.82, 2.24) is 20.0 Å². The average molecular weight is 509 g/mol. The number of urea groups is 1. The summed E-state index contributed by atoms with van der Waals surface area (Å²) >= 11 is 0. The van der Waals surface area contributed by atoms with Crippen LogP contribution in [-0.4, -0.2) is 78.5 Å². The largest absolute Gasteiger partial charge is 0.463 e. The van der Waals surface area contributed by atoms with E-state index in [4.69, 9.17) is 4.74 Å². The summed E-state index contributed by atoms with van der Waals surface area (Å²) in [6.45, 7) is 7.81. The first-order valence-corrected chi connectivity index (χ1v) is 12.5. The summed E-state index contributed by atoms with van der Waals surface area (Å²) in [5, 5.41) is 2.96. The number of piperazine rings is 1. The number of halogens is 1. The molecule has 1 N–H and O–H groups in total. The number of amides is 3. The van der Waals surface area contributed by atoms with Crippen LogP contribution in [0.5, 0.6) is 0 Å². The molecule has 0 radical (unpaired) electrons. The molecule has 0 bridgehead atoms. The van der Waals surface area contributed by atoms with Gasteiger partial charge in [-0.05, 0) is 56.2 Å². The summed E-state index contributed by atoms with van der Waals surface area (Å²) in [6, 6.07) is 12.2. The molecule has 2 unspecified atom stereocenters. The Morgan fingerprint density at radius 2 is 1.81 bits per heavy atom. The van der Waals surface area contributed by atoms with Crippen LogP contribution in [0.15, 0.2) is 59.8 Å². The number of nitrogens with zero attached hydrogens (tertiary/aromatic N) is 3. The van der Waals surface area contributed by atoms with Gasteiger partial charge in [-0.15, -0.1) is 0 Å². The topological polar surface area (TPSA) is 82.2 Å². The summed E-state index contributed by atoms with van der Waals surface area (Å²) in [7, 11) is 1.65. The van der Waals surface area contributed by atoms with E-state index in [2.05, 4.69) is 10.2 Å². The van der Waals surface area contributed by atoms with Crippen molar-refractivity contribution >= 4 is 17.9 Å². The first-order chi connectivity index (χ1) is 17.7. The molecule has 2 aliphatic heterocycles. The molecule has 2 aromatic rings. The minimum Gasteiger partial charge on any atom is -0.463 e. The molecule has 0 aromatic heterocycles. The van der Waals surface area contributed by atoms with E-state index < -0.39 is 12.0 Å². The van der Waals surface area contributed by atoms with Gasteiger partial charge in [0.1, 0.15) is 5.82 Å². The van der Waals surface area contributed by atoms with Crippen molar-refractivity contribution in [2.24, 2.45) is 0 Å². The van der Waals surface area contributed by atoms with Crippen LogP contribution < -0.4 is 5.32 Å². The number of carbonyl (C=O) groups is 3. The zero-order valence-electron chi connectivity index (χ0n) is 21.7. The molecule has 0 saturated carbocycles. The van der Waals surface area contributed by atoms with E-state index in [0.29, 0.717) is 43.0 Å². The van der Waals surface area contributed by atoms with Crippen molar-refractivity contribution < 1.29 is 23.5 Å². The van der Waals surface area contributed by atoms with Crippen molar-refractivity contribution in [3.05, 3.63) is 82.3 Å². The molecule has 0 aliphatic carbocycles. The van der Waals surface area contributed by atoms with Gasteiger partial charge in [0.25, 0.3) is 5.91 Å². The van der Waals surface area contributed by atoms with Gasteiger partial charge < -0.3 is 15.0 Å². The molecule has 1 fully saturated rings. The molecule has 0 spiro atoms. The Balaban J connectivity index is 1.60. The quantitative estimate of drug-likeness (QED) is 0.604. The van der Waals surface area contributed by atoms with E-state index in [-0.39, 0.29) is 30.4 Å². The number of benzene rings is 2. The zero-order valence-corrected chi connectivity index (χ0v) is 21.7. The number of hydrogen-bond donors (Lipinski definition) is 1. The summed E-state index contributed by atoms with van der Waals surface area (Å²) in [6.07, 6.45) is 0. The fourth-order valence-corrected chi connectivity index (χ4v) is 4.99. The Morgan fingerprint density at radius 3 is 2.46 bits per heavy atom. The molecule has 8 nitrogen and oxygen atoms in total. The highest BCUT2D eigenvalue weighted by atomic mass is 19.1. The van der Waals surface area contributed by atoms with E-state index in [1.165, 1.54) is 29.2 Å². The standard InChI is InChI=1S/C28H33FN4O4/c1-5-37-27(35)24-23(31(4)28(36)30-25(24)22-9-7-6-8-18(22)2)17-32-14-15-33(19(3)16-32)26(34)20-10-12-21(29)13-11-20/h6-13,19,25H,5,14-17H2,1-4H3,(H,30,36). The highest BCUT2D eigenvalue weighted by Crippen LogP contribution is 2.33. The molecular formula is C28H33FN4O4. The van der Waals surface area contributed by atoms with Gasteiger partial charge in [0, 0.05) is 50.5 Å². The van der Waals surface area contributed by atoms with Gasteiger partial charge in [-0.2, -0.15) is 0 Å². The predicted molar refractivity (Wildman–Crippen MR) is 137 cm³/mol. The maximum Gasteiger partial charge on any atom is 0.338 e. The number of aryl methyl sites for hydroxylation is 1. The zero-order chi connectivity index (χ0) is 26.7. The van der Waals surface area contributed by atoms with E-state index >= 15 is 0 Å². The number of hydrogen-bond acceptors (Lipinski definition) is 5. The third kappa shape index (κ3) is 5.51. The smallest absolute Gasteiger partial charge is 0.338 e. The molecule has 2 aromatic carbocycles. The monoisotopic (exact) mass is 508 g/mol. The first-order valence-electron chi connectivity index (χ1n) is 12.5. The second kappa shape index (κ2) is 11.1. The minimum absolute atomic E-state index is 0.118. The predicted octanol–water partition coefficient (Wildman–Crippen LogP) is 3.49. The second-order valence-electron chi connectivity index (χ2n) is 9.47. The van der Waals surface area contributed by atoms with Crippen molar-refractivity contribution in [3.63, 3.8) is 0 Å². The Morgan fingerprint density at radius 1 is 1.11 bits per heavy atom. The molecule has 2 atom stereocenters. The number of ether oxygens (including phenoxy) is 1. The number of carbonyl (C=O) groups excluding carboxylic acids is 3. The molecular weight excluding hydrogens is 475 g/mol. The Labute approximate surface area is 216 Å². The third-order valence-corrected chi connectivity index (χ3v) is 7.01. The lowest BCUT2D eigenvalue weighted by atomic mass is 9.91. The van der Waals surface area contributed by atoms with E-state index in [1.54, 1.807) is 18.9 Å². The summed E-state index contributed by atoms with van der Waals surface area (Å²) in [5.74, 6) is -0.993. The third-order valence-electron chi connectivity index (χ3n) is 7.01. The first kappa shape index (κ1) is 26.3. The molecule has 1 saturated heterocycles. The van der Waals surface area contributed by atoms with Crippen LogP contribution >= 0.6 is 0 Å². The molecule has 4 rings (SSSR count). The van der Waals surface area contributed by atoms with Crippen molar-refractivity contribution in [3.8, 4) is 0 Å². The van der Waals surface area contributed by atoms with Gasteiger partial charge in [-0.1, -0.05) is 24.3 Å². The van der Waals surface area contributed by atoms with Gasteiger partial charge in [-0.3, -0.25) is 14.6 Å². The van der Waals surface area contributed by atoms with Crippen molar-refractivity contribution in [2.45, 2.75) is 32.9 Å². The summed E-state index contributed by atoms with van der Waals surface area (Å²) < 4.78 is 18.7. The van der Waals surface area contributed by atoms with Crippen LogP contribution in [0.1, 0.15) is 41.4 Å². The lowest BCUT2D eigenvalue weighted by Gasteiger charge is -2.42. The molecule has 2 aliphatic rings. The normalized spacial score (nSPS) is 20.6. The highest BCUT2D eigenvalue weighted by Gasteiger charge is 2.39. The Kier molecular flexibility index (Phi) is 7.92. The molecule has 3 amide bonds. The van der Waals surface area contributed by atoms with Crippen LogP contribution in [0, 0.1) is 12.7 Å². The maximum atomic E-state index is 13.3. The van der Waals surface area contributed by atoms with Crippen LogP contribution in [-0.2, 0) is 9.53 Å². The molecule has 2 heterocycles. The number of likely N-dealkylation sites (N-methyl/N-ethyl adjacent to an activating group) is 1. The van der Waals surface area contributed by atoms with Crippen LogP contribution in [0.25, 0.3) is 0 Å². The fourth-order valence-electron chi connectivity index (χ4n) is 4.99. The fraction of sp³-hybridized carbons (Fsp3) is 0.393.